The van der Waals surface area contributed by atoms with E-state index in [1.165, 1.54) is 31.4 Å². The van der Waals surface area contributed by atoms with Gasteiger partial charge in [-0.05, 0) is 73.0 Å². The fourth-order valence-electron chi connectivity index (χ4n) is 3.32. The predicted molar refractivity (Wildman–Crippen MR) is 126 cm³/mol. The fraction of sp³-hybridized carbons (Fsp3) is 0.222. The molecule has 0 spiro atoms. The number of halogens is 2. The van der Waals surface area contributed by atoms with E-state index in [2.05, 4.69) is 4.74 Å². The van der Waals surface area contributed by atoms with Crippen LogP contribution in [0, 0.1) is 13.8 Å². The number of hydrogen-bond acceptors (Lipinski definition) is 5. The number of methoxy groups -OCH3 is 2. The van der Waals surface area contributed by atoms with Crippen LogP contribution in [0.5, 0.6) is 23.0 Å². The standard InChI is InChI=1S/C27H26F2O5/c1-17-5-6-18(2)25(13-17)33-16-21-14-19(8-11-23(21)31-3)7-10-22(30)20-9-12-24(34-27(28)29)26(15-20)32-4/h5-15,27H,16H2,1-4H3/b10-7+. The molecule has 0 saturated carbocycles. The smallest absolute Gasteiger partial charge is 0.387 e. The summed E-state index contributed by atoms with van der Waals surface area (Å²) < 4.78 is 45.9. The van der Waals surface area contributed by atoms with Crippen molar-refractivity contribution in [3.63, 3.8) is 0 Å². The van der Waals surface area contributed by atoms with E-state index >= 15 is 0 Å². The number of alkyl halides is 2. The van der Waals surface area contributed by atoms with Crippen molar-refractivity contribution in [2.75, 3.05) is 14.2 Å². The molecule has 0 aliphatic heterocycles. The average Bonchev–Trinajstić information content (AvgIpc) is 2.83. The molecule has 0 aromatic heterocycles. The fourth-order valence-corrected chi connectivity index (χ4v) is 3.32. The molecule has 0 fully saturated rings. The first-order chi connectivity index (χ1) is 16.3. The van der Waals surface area contributed by atoms with Crippen molar-refractivity contribution in [2.45, 2.75) is 27.1 Å². The molecule has 0 aliphatic carbocycles. The Morgan fingerprint density at radius 1 is 0.882 bits per heavy atom. The largest absolute Gasteiger partial charge is 0.496 e. The van der Waals surface area contributed by atoms with E-state index in [9.17, 15) is 13.6 Å². The molecule has 0 unspecified atom stereocenters. The normalized spacial score (nSPS) is 11.0. The lowest BCUT2D eigenvalue weighted by molar-refractivity contribution is -0.0512. The van der Waals surface area contributed by atoms with E-state index in [0.29, 0.717) is 12.4 Å². The Kier molecular flexibility index (Phi) is 8.24. The third-order valence-electron chi connectivity index (χ3n) is 5.12. The Morgan fingerprint density at radius 3 is 2.32 bits per heavy atom. The summed E-state index contributed by atoms with van der Waals surface area (Å²) >= 11 is 0. The molecule has 5 nitrogen and oxygen atoms in total. The zero-order valence-electron chi connectivity index (χ0n) is 19.4. The van der Waals surface area contributed by atoms with Gasteiger partial charge in [-0.1, -0.05) is 24.3 Å². The highest BCUT2D eigenvalue weighted by Crippen LogP contribution is 2.30. The number of benzene rings is 3. The molecule has 0 amide bonds. The van der Waals surface area contributed by atoms with Crippen molar-refractivity contribution in [2.24, 2.45) is 0 Å². The highest BCUT2D eigenvalue weighted by molar-refractivity contribution is 6.07. The number of ether oxygens (including phenoxy) is 4. The molecule has 0 heterocycles. The van der Waals surface area contributed by atoms with Crippen molar-refractivity contribution in [1.29, 1.82) is 0 Å². The van der Waals surface area contributed by atoms with Crippen molar-refractivity contribution >= 4 is 11.9 Å². The summed E-state index contributed by atoms with van der Waals surface area (Å²) in [5.74, 6) is 1.07. The minimum Gasteiger partial charge on any atom is -0.496 e. The van der Waals surface area contributed by atoms with E-state index in [1.807, 2.05) is 50.2 Å². The molecule has 0 atom stereocenters. The quantitative estimate of drug-likeness (QED) is 0.255. The van der Waals surface area contributed by atoms with Gasteiger partial charge in [-0.15, -0.1) is 0 Å². The number of aryl methyl sites for hydroxylation is 2. The Bertz CT molecular complexity index is 1190. The molecule has 3 rings (SSSR count). The van der Waals surface area contributed by atoms with Gasteiger partial charge in [0.2, 0.25) is 0 Å². The number of hydrogen-bond donors (Lipinski definition) is 0. The SMILES string of the molecule is COc1ccc(/C=C/C(=O)c2ccc(OC(F)F)c(OC)c2)cc1COc1cc(C)ccc1C. The van der Waals surface area contributed by atoms with Crippen molar-refractivity contribution in [3.8, 4) is 23.0 Å². The van der Waals surface area contributed by atoms with Gasteiger partial charge in [0.25, 0.3) is 0 Å². The number of rotatable bonds is 10. The van der Waals surface area contributed by atoms with Crippen LogP contribution in [0.2, 0.25) is 0 Å². The van der Waals surface area contributed by atoms with Gasteiger partial charge in [0.15, 0.2) is 17.3 Å². The van der Waals surface area contributed by atoms with Crippen molar-refractivity contribution in [3.05, 3.63) is 88.5 Å². The molecular formula is C27H26F2O5. The second-order valence-corrected chi connectivity index (χ2v) is 7.57. The summed E-state index contributed by atoms with van der Waals surface area (Å²) in [5, 5.41) is 0. The number of allylic oxidation sites excluding steroid dienone is 1. The minimum absolute atomic E-state index is 0.0508. The van der Waals surface area contributed by atoms with Gasteiger partial charge in [-0.2, -0.15) is 8.78 Å². The second-order valence-electron chi connectivity index (χ2n) is 7.57. The van der Waals surface area contributed by atoms with Gasteiger partial charge in [-0.3, -0.25) is 4.79 Å². The summed E-state index contributed by atoms with van der Waals surface area (Å²) in [6.45, 7) is 1.30. The van der Waals surface area contributed by atoms with Gasteiger partial charge in [0, 0.05) is 11.1 Å². The summed E-state index contributed by atoms with van der Waals surface area (Å²) in [5.41, 5.74) is 4.02. The van der Waals surface area contributed by atoms with E-state index in [0.717, 1.165) is 28.0 Å². The first kappa shape index (κ1) is 24.8. The number of carbonyl (C=O) groups excluding carboxylic acids is 1. The number of carbonyl (C=O) groups is 1. The highest BCUT2D eigenvalue weighted by atomic mass is 19.3. The van der Waals surface area contributed by atoms with Crippen molar-refractivity contribution in [1.82, 2.24) is 0 Å². The van der Waals surface area contributed by atoms with Gasteiger partial charge in [0.1, 0.15) is 18.1 Å². The van der Waals surface area contributed by atoms with Crippen LogP contribution in [0.1, 0.15) is 32.6 Å². The van der Waals surface area contributed by atoms with Crippen LogP contribution in [0.3, 0.4) is 0 Å². The molecule has 178 valence electrons. The van der Waals surface area contributed by atoms with E-state index in [-0.39, 0.29) is 22.8 Å². The first-order valence-corrected chi connectivity index (χ1v) is 10.5. The van der Waals surface area contributed by atoms with Crippen molar-refractivity contribution < 1.29 is 32.5 Å². The molecule has 0 bridgehead atoms. The molecule has 7 heteroatoms. The van der Waals surface area contributed by atoms with E-state index in [4.69, 9.17) is 14.2 Å². The molecule has 34 heavy (non-hydrogen) atoms. The first-order valence-electron chi connectivity index (χ1n) is 10.5. The summed E-state index contributed by atoms with van der Waals surface area (Å²) in [6.07, 6.45) is 3.07. The van der Waals surface area contributed by atoms with Crippen LogP contribution in [-0.4, -0.2) is 26.6 Å². The summed E-state index contributed by atoms with van der Waals surface area (Å²) in [6, 6.07) is 15.6. The van der Waals surface area contributed by atoms with Crippen LogP contribution in [0.25, 0.3) is 6.08 Å². The Hall–Kier alpha value is -3.87. The number of ketones is 1. The predicted octanol–water partition coefficient (Wildman–Crippen LogP) is 6.40. The Morgan fingerprint density at radius 2 is 1.62 bits per heavy atom. The monoisotopic (exact) mass is 468 g/mol. The lowest BCUT2D eigenvalue weighted by Crippen LogP contribution is -2.04. The van der Waals surface area contributed by atoms with Gasteiger partial charge in [0.05, 0.1) is 14.2 Å². The zero-order chi connectivity index (χ0) is 24.7. The molecular weight excluding hydrogens is 442 g/mol. The topological polar surface area (TPSA) is 54.0 Å². The maximum atomic E-state index is 12.6. The maximum Gasteiger partial charge on any atom is 0.387 e. The van der Waals surface area contributed by atoms with Crippen LogP contribution >= 0.6 is 0 Å². The lowest BCUT2D eigenvalue weighted by Gasteiger charge is -2.13. The van der Waals surface area contributed by atoms with E-state index < -0.39 is 6.61 Å². The third-order valence-corrected chi connectivity index (χ3v) is 5.12. The van der Waals surface area contributed by atoms with Crippen LogP contribution < -0.4 is 18.9 Å². The zero-order valence-corrected chi connectivity index (χ0v) is 19.4. The average molecular weight is 468 g/mol. The molecule has 0 aliphatic rings. The summed E-state index contributed by atoms with van der Waals surface area (Å²) in [4.78, 5) is 12.6. The minimum atomic E-state index is -2.99. The second kappa shape index (κ2) is 11.3. The molecule has 3 aromatic rings. The van der Waals surface area contributed by atoms with E-state index in [1.54, 1.807) is 13.2 Å². The lowest BCUT2D eigenvalue weighted by atomic mass is 10.1. The molecule has 3 aromatic carbocycles. The molecule has 0 N–H and O–H groups in total. The van der Waals surface area contributed by atoms with Gasteiger partial charge >= 0.3 is 6.61 Å². The molecule has 0 radical (unpaired) electrons. The molecule has 0 saturated heterocycles. The van der Waals surface area contributed by atoms with Gasteiger partial charge < -0.3 is 18.9 Å². The summed E-state index contributed by atoms with van der Waals surface area (Å²) in [7, 11) is 2.90. The Labute approximate surface area is 197 Å². The van der Waals surface area contributed by atoms with Crippen LogP contribution in [0.15, 0.2) is 60.7 Å². The Balaban J connectivity index is 1.76. The third kappa shape index (κ3) is 6.34. The van der Waals surface area contributed by atoms with Crippen LogP contribution in [-0.2, 0) is 6.61 Å². The highest BCUT2D eigenvalue weighted by Gasteiger charge is 2.13. The van der Waals surface area contributed by atoms with Gasteiger partial charge in [-0.25, -0.2) is 0 Å². The maximum absolute atomic E-state index is 12.6. The van der Waals surface area contributed by atoms with Crippen LogP contribution in [0.4, 0.5) is 8.78 Å².